The van der Waals surface area contributed by atoms with Crippen molar-refractivity contribution >= 4 is 5.78 Å². The first-order valence-corrected chi connectivity index (χ1v) is 6.57. The Hall–Kier alpha value is -1.69. The van der Waals surface area contributed by atoms with Crippen LogP contribution in [-0.4, -0.2) is 10.8 Å². The fourth-order valence-corrected chi connectivity index (χ4v) is 2.96. The average Bonchev–Trinajstić information content (AvgIpc) is 2.91. The molecule has 1 aliphatic rings. The van der Waals surface area contributed by atoms with Gasteiger partial charge in [0, 0.05) is 17.8 Å². The Bertz CT molecular complexity index is 455. The third-order valence-corrected chi connectivity index (χ3v) is 4.17. The highest BCUT2D eigenvalue weighted by atomic mass is 16.1. The quantitative estimate of drug-likeness (QED) is 0.814. The normalized spacial score (nSPS) is 19.1. The number of nitrogens with zero attached hydrogens (tertiary/aromatic N) is 2. The highest BCUT2D eigenvalue weighted by Crippen LogP contribution is 2.44. The maximum Gasteiger partial charge on any atom is 0.160 e. The molecule has 1 aromatic rings. The molecule has 0 saturated heterocycles. The molecule has 1 aliphatic carbocycles. The Morgan fingerprint density at radius 1 is 1.56 bits per heavy atom. The Labute approximate surface area is 108 Å². The predicted octanol–water partition coefficient (Wildman–Crippen LogP) is 3.23. The molecule has 1 unspecified atom stereocenters. The van der Waals surface area contributed by atoms with Crippen LogP contribution in [0.1, 0.15) is 50.5 Å². The van der Waals surface area contributed by atoms with E-state index in [1.807, 2.05) is 6.07 Å². The van der Waals surface area contributed by atoms with Gasteiger partial charge in [-0.1, -0.05) is 25.8 Å². The van der Waals surface area contributed by atoms with E-state index in [1.165, 1.54) is 0 Å². The van der Waals surface area contributed by atoms with Crippen LogP contribution in [0.15, 0.2) is 24.5 Å². The molecular weight excluding hydrogens is 224 g/mol. The van der Waals surface area contributed by atoms with Crippen LogP contribution in [0, 0.1) is 16.7 Å². The molecule has 1 heterocycles. The molecule has 0 spiro atoms. The molecule has 3 heteroatoms. The summed E-state index contributed by atoms with van der Waals surface area (Å²) in [5.74, 6) is -0.560. The first-order chi connectivity index (χ1) is 8.73. The summed E-state index contributed by atoms with van der Waals surface area (Å²) in [6.07, 6.45) is 8.19. The zero-order valence-electron chi connectivity index (χ0n) is 10.7. The number of carbonyl (C=O) groups is 1. The molecule has 1 fully saturated rings. The highest BCUT2D eigenvalue weighted by molar-refractivity contribution is 5.93. The average molecular weight is 242 g/mol. The summed E-state index contributed by atoms with van der Waals surface area (Å²) in [5.41, 5.74) is 0.459. The van der Waals surface area contributed by atoms with Crippen LogP contribution in [0.3, 0.4) is 0 Å². The zero-order chi connectivity index (χ0) is 13.0. The van der Waals surface area contributed by atoms with Gasteiger partial charge in [0.1, 0.15) is 5.92 Å². The molecule has 0 bridgehead atoms. The fourth-order valence-electron chi connectivity index (χ4n) is 2.96. The van der Waals surface area contributed by atoms with Gasteiger partial charge in [0.25, 0.3) is 0 Å². The summed E-state index contributed by atoms with van der Waals surface area (Å²) in [6.45, 7) is 2.06. The molecule has 0 amide bonds. The van der Waals surface area contributed by atoms with Gasteiger partial charge in [0.15, 0.2) is 5.78 Å². The second kappa shape index (κ2) is 5.30. The largest absolute Gasteiger partial charge is 0.297 e. The van der Waals surface area contributed by atoms with Gasteiger partial charge in [-0.15, -0.1) is 0 Å². The monoisotopic (exact) mass is 242 g/mol. The lowest BCUT2D eigenvalue weighted by Gasteiger charge is -2.27. The van der Waals surface area contributed by atoms with Crippen LogP contribution < -0.4 is 0 Å². The minimum atomic E-state index is -0.656. The fraction of sp³-hybridized carbons (Fsp3) is 0.533. The summed E-state index contributed by atoms with van der Waals surface area (Å²) >= 11 is 0. The summed E-state index contributed by atoms with van der Waals surface area (Å²) < 4.78 is 0. The number of rotatable bonds is 4. The van der Waals surface area contributed by atoms with Gasteiger partial charge in [-0.25, -0.2) is 0 Å². The van der Waals surface area contributed by atoms with Crippen molar-refractivity contribution in [3.63, 3.8) is 0 Å². The van der Waals surface area contributed by atoms with Crippen LogP contribution in [-0.2, 0) is 4.79 Å². The first-order valence-electron chi connectivity index (χ1n) is 6.57. The maximum absolute atomic E-state index is 12.7. The van der Waals surface area contributed by atoms with Crippen LogP contribution in [0.2, 0.25) is 0 Å². The van der Waals surface area contributed by atoms with Crippen molar-refractivity contribution in [3.8, 4) is 6.07 Å². The van der Waals surface area contributed by atoms with Gasteiger partial charge in [0.2, 0.25) is 0 Å². The van der Waals surface area contributed by atoms with Crippen LogP contribution in [0.5, 0.6) is 0 Å². The molecular formula is C15H18N2O. The van der Waals surface area contributed by atoms with E-state index in [1.54, 1.807) is 18.5 Å². The third kappa shape index (κ3) is 2.15. The molecule has 0 aromatic carbocycles. The number of pyridine rings is 1. The molecule has 1 atom stereocenters. The zero-order valence-corrected chi connectivity index (χ0v) is 10.7. The van der Waals surface area contributed by atoms with Crippen molar-refractivity contribution in [2.45, 2.75) is 44.9 Å². The van der Waals surface area contributed by atoms with Crippen LogP contribution in [0.4, 0.5) is 0 Å². The molecule has 2 rings (SSSR count). The Kier molecular flexibility index (Phi) is 3.76. The van der Waals surface area contributed by atoms with Gasteiger partial charge >= 0.3 is 0 Å². The van der Waals surface area contributed by atoms with E-state index >= 15 is 0 Å². The predicted molar refractivity (Wildman–Crippen MR) is 68.8 cm³/mol. The molecule has 94 valence electrons. The van der Waals surface area contributed by atoms with Gasteiger partial charge in [-0.2, -0.15) is 5.26 Å². The molecule has 3 nitrogen and oxygen atoms in total. The van der Waals surface area contributed by atoms with Crippen molar-refractivity contribution < 1.29 is 4.79 Å². The Balaban J connectivity index is 2.29. The minimum Gasteiger partial charge on any atom is -0.297 e. The van der Waals surface area contributed by atoms with E-state index in [0.717, 1.165) is 37.7 Å². The van der Waals surface area contributed by atoms with Gasteiger partial charge in [-0.05, 0) is 30.9 Å². The smallest absolute Gasteiger partial charge is 0.160 e. The lowest BCUT2D eigenvalue weighted by molar-refractivity contribution is -0.129. The van der Waals surface area contributed by atoms with Crippen molar-refractivity contribution in [2.75, 3.05) is 0 Å². The summed E-state index contributed by atoms with van der Waals surface area (Å²) in [6, 6.07) is 5.76. The topological polar surface area (TPSA) is 53.8 Å². The SMILES string of the molecule is CCC1(C(=O)C(C#N)c2cccnc2)CCCC1. The summed E-state index contributed by atoms with van der Waals surface area (Å²) in [5, 5.41) is 9.32. The van der Waals surface area contributed by atoms with E-state index in [2.05, 4.69) is 18.0 Å². The molecule has 1 saturated carbocycles. The molecule has 18 heavy (non-hydrogen) atoms. The van der Waals surface area contributed by atoms with E-state index < -0.39 is 5.92 Å². The molecule has 0 radical (unpaired) electrons. The van der Waals surface area contributed by atoms with Gasteiger partial charge in [-0.3, -0.25) is 9.78 Å². The number of hydrogen-bond acceptors (Lipinski definition) is 3. The second-order valence-corrected chi connectivity index (χ2v) is 5.05. The number of ketones is 1. The standard InChI is InChI=1S/C15H18N2O/c1-2-15(7-3-4-8-15)14(18)13(10-16)12-6-5-9-17-11-12/h5-6,9,11,13H,2-4,7-8H2,1H3. The first kappa shape index (κ1) is 12.8. The molecule has 0 aliphatic heterocycles. The number of Topliss-reactive ketones (excluding diaryl/α,β-unsaturated/α-hetero) is 1. The number of aromatic nitrogens is 1. The highest BCUT2D eigenvalue weighted by Gasteiger charge is 2.43. The van der Waals surface area contributed by atoms with E-state index in [9.17, 15) is 10.1 Å². The van der Waals surface area contributed by atoms with Gasteiger partial charge < -0.3 is 0 Å². The van der Waals surface area contributed by atoms with E-state index in [0.29, 0.717) is 0 Å². The Morgan fingerprint density at radius 3 is 2.78 bits per heavy atom. The molecule has 1 aromatic heterocycles. The van der Waals surface area contributed by atoms with E-state index in [4.69, 9.17) is 0 Å². The Morgan fingerprint density at radius 2 is 2.28 bits per heavy atom. The van der Waals surface area contributed by atoms with Crippen molar-refractivity contribution in [3.05, 3.63) is 30.1 Å². The third-order valence-electron chi connectivity index (χ3n) is 4.17. The summed E-state index contributed by atoms with van der Waals surface area (Å²) in [4.78, 5) is 16.7. The van der Waals surface area contributed by atoms with Crippen LogP contribution >= 0.6 is 0 Å². The molecule has 0 N–H and O–H groups in total. The van der Waals surface area contributed by atoms with Crippen molar-refractivity contribution in [2.24, 2.45) is 5.41 Å². The lowest BCUT2D eigenvalue weighted by atomic mass is 9.73. The number of nitriles is 1. The summed E-state index contributed by atoms with van der Waals surface area (Å²) in [7, 11) is 0. The number of hydrogen-bond donors (Lipinski definition) is 0. The van der Waals surface area contributed by atoms with Crippen molar-refractivity contribution in [1.82, 2.24) is 4.98 Å². The van der Waals surface area contributed by atoms with Crippen LogP contribution in [0.25, 0.3) is 0 Å². The van der Waals surface area contributed by atoms with Crippen molar-refractivity contribution in [1.29, 1.82) is 5.26 Å². The van der Waals surface area contributed by atoms with E-state index in [-0.39, 0.29) is 11.2 Å². The second-order valence-electron chi connectivity index (χ2n) is 5.05. The maximum atomic E-state index is 12.7. The lowest BCUT2D eigenvalue weighted by Crippen LogP contribution is -2.31. The minimum absolute atomic E-state index is 0.0954. The number of carbonyl (C=O) groups excluding carboxylic acids is 1. The van der Waals surface area contributed by atoms with Gasteiger partial charge in [0.05, 0.1) is 6.07 Å².